The Morgan fingerprint density at radius 2 is 1.77 bits per heavy atom. The van der Waals surface area contributed by atoms with Gasteiger partial charge in [-0.2, -0.15) is 0 Å². The smallest absolute Gasteiger partial charge is 0.407 e. The van der Waals surface area contributed by atoms with Gasteiger partial charge in [0.1, 0.15) is 29.5 Å². The number of aryl methyl sites for hydroxylation is 1. The molecule has 0 saturated heterocycles. The molecule has 0 aliphatic carbocycles. The van der Waals surface area contributed by atoms with E-state index in [2.05, 4.69) is 15.6 Å². The third kappa shape index (κ3) is 6.64. The highest BCUT2D eigenvalue weighted by molar-refractivity contribution is 6.30. The van der Waals surface area contributed by atoms with Crippen LogP contribution in [0.2, 0.25) is 5.02 Å². The lowest BCUT2D eigenvalue weighted by molar-refractivity contribution is 0.0523. The number of nitrogens with zero attached hydrogens (tertiary/aromatic N) is 2. The molecular weight excluding hydrogens is 530 g/mol. The molecule has 0 spiro atoms. The Hall–Kier alpha value is -4.18. The molecule has 0 atom stereocenters. The minimum absolute atomic E-state index is 0.119. The van der Waals surface area contributed by atoms with E-state index >= 15 is 0 Å². The summed E-state index contributed by atoms with van der Waals surface area (Å²) in [5.74, 6) is -1.83. The number of hydrogen-bond acceptors (Lipinski definition) is 5. The van der Waals surface area contributed by atoms with Gasteiger partial charge in [-0.15, -0.1) is 0 Å². The van der Waals surface area contributed by atoms with Gasteiger partial charge in [-0.25, -0.2) is 18.6 Å². The molecule has 11 heteroatoms. The van der Waals surface area contributed by atoms with Crippen molar-refractivity contribution in [1.82, 2.24) is 14.7 Å². The van der Waals surface area contributed by atoms with Crippen LogP contribution in [0.15, 0.2) is 54.7 Å². The molecule has 0 fully saturated rings. The lowest BCUT2D eigenvalue weighted by Gasteiger charge is -2.20. The molecule has 0 aliphatic rings. The SMILES string of the molecule is Cc1nc2c(OCc3c(F)cccc3F)cc(Cl)cn2c1C(=O)Nc1ccccc1CNC(=O)OC(C)(C)C. The Morgan fingerprint density at radius 1 is 1.08 bits per heavy atom. The maximum Gasteiger partial charge on any atom is 0.407 e. The summed E-state index contributed by atoms with van der Waals surface area (Å²) in [6.07, 6.45) is 0.914. The number of benzene rings is 2. The van der Waals surface area contributed by atoms with Crippen LogP contribution >= 0.6 is 11.6 Å². The van der Waals surface area contributed by atoms with E-state index in [4.69, 9.17) is 21.1 Å². The fourth-order valence-electron chi connectivity index (χ4n) is 3.86. The zero-order valence-electron chi connectivity index (χ0n) is 21.8. The van der Waals surface area contributed by atoms with Crippen molar-refractivity contribution in [3.05, 3.63) is 93.9 Å². The molecule has 0 radical (unpaired) electrons. The van der Waals surface area contributed by atoms with Gasteiger partial charge in [-0.3, -0.25) is 9.20 Å². The van der Waals surface area contributed by atoms with E-state index in [0.717, 1.165) is 12.1 Å². The summed E-state index contributed by atoms with van der Waals surface area (Å²) in [5.41, 5.74) is 1.04. The van der Waals surface area contributed by atoms with E-state index in [1.807, 2.05) is 0 Å². The molecule has 4 rings (SSSR count). The fourth-order valence-corrected chi connectivity index (χ4v) is 4.05. The van der Waals surface area contributed by atoms with Crippen molar-refractivity contribution >= 4 is 34.9 Å². The topological polar surface area (TPSA) is 94.0 Å². The number of alkyl carbamates (subject to hydrolysis) is 1. The van der Waals surface area contributed by atoms with Gasteiger partial charge in [0.15, 0.2) is 11.4 Å². The van der Waals surface area contributed by atoms with Crippen molar-refractivity contribution in [3.63, 3.8) is 0 Å². The summed E-state index contributed by atoms with van der Waals surface area (Å²) >= 11 is 6.30. The highest BCUT2D eigenvalue weighted by Gasteiger charge is 2.22. The van der Waals surface area contributed by atoms with Crippen molar-refractivity contribution in [2.75, 3.05) is 5.32 Å². The van der Waals surface area contributed by atoms with E-state index in [0.29, 0.717) is 16.9 Å². The highest BCUT2D eigenvalue weighted by atomic mass is 35.5. The number of aromatic nitrogens is 2. The Morgan fingerprint density at radius 3 is 2.46 bits per heavy atom. The number of anilines is 1. The molecule has 2 amide bonds. The van der Waals surface area contributed by atoms with Gasteiger partial charge in [0, 0.05) is 24.5 Å². The zero-order chi connectivity index (χ0) is 28.3. The summed E-state index contributed by atoms with van der Waals surface area (Å²) in [6.45, 7) is 6.65. The summed E-state index contributed by atoms with van der Waals surface area (Å²) in [6, 6.07) is 12.0. The van der Waals surface area contributed by atoms with Crippen molar-refractivity contribution in [2.24, 2.45) is 0 Å². The van der Waals surface area contributed by atoms with Gasteiger partial charge in [-0.05, 0) is 51.5 Å². The molecule has 8 nitrogen and oxygen atoms in total. The van der Waals surface area contributed by atoms with Gasteiger partial charge < -0.3 is 20.1 Å². The van der Waals surface area contributed by atoms with Crippen LogP contribution in [0.1, 0.15) is 48.1 Å². The van der Waals surface area contributed by atoms with Crippen LogP contribution in [0, 0.1) is 18.6 Å². The Bertz CT molecular complexity index is 1530. The van der Waals surface area contributed by atoms with Crippen LogP contribution in [0.25, 0.3) is 5.65 Å². The van der Waals surface area contributed by atoms with Crippen molar-refractivity contribution in [2.45, 2.75) is 46.4 Å². The minimum atomic E-state index is -0.743. The first-order valence-corrected chi connectivity index (χ1v) is 12.4. The molecule has 4 aromatic rings. The number of rotatable bonds is 7. The second kappa shape index (κ2) is 11.3. The van der Waals surface area contributed by atoms with E-state index < -0.39 is 35.8 Å². The number of fused-ring (bicyclic) bond motifs is 1. The number of hydrogen-bond donors (Lipinski definition) is 2. The van der Waals surface area contributed by atoms with E-state index in [-0.39, 0.29) is 34.2 Å². The standard InChI is InChI=1S/C28H27ClF2N4O4/c1-16-24(26(36)34-22-11-6-5-8-17(22)13-32-27(37)39-28(2,3)4)35-14-18(29)12-23(25(35)33-16)38-15-19-20(30)9-7-10-21(19)31/h5-12,14H,13,15H2,1-4H3,(H,32,37)(H,34,36). The minimum Gasteiger partial charge on any atom is -0.485 e. The van der Waals surface area contributed by atoms with Crippen molar-refractivity contribution in [1.29, 1.82) is 0 Å². The van der Waals surface area contributed by atoms with Crippen LogP contribution in [-0.2, 0) is 17.9 Å². The summed E-state index contributed by atoms with van der Waals surface area (Å²) in [4.78, 5) is 29.9. The number of pyridine rings is 1. The number of ether oxygens (including phenoxy) is 2. The third-order valence-electron chi connectivity index (χ3n) is 5.56. The lowest BCUT2D eigenvalue weighted by Crippen LogP contribution is -2.32. The van der Waals surface area contributed by atoms with Crippen molar-refractivity contribution < 1.29 is 27.8 Å². The Balaban J connectivity index is 1.58. The molecule has 0 aliphatic heterocycles. The van der Waals surface area contributed by atoms with Gasteiger partial charge >= 0.3 is 6.09 Å². The zero-order valence-corrected chi connectivity index (χ0v) is 22.5. The molecule has 204 valence electrons. The predicted molar refractivity (Wildman–Crippen MR) is 143 cm³/mol. The van der Waals surface area contributed by atoms with Crippen LogP contribution in [-0.4, -0.2) is 27.0 Å². The molecule has 39 heavy (non-hydrogen) atoms. The van der Waals surface area contributed by atoms with Crippen LogP contribution in [0.4, 0.5) is 19.3 Å². The molecule has 2 aromatic heterocycles. The summed E-state index contributed by atoms with van der Waals surface area (Å²) < 4.78 is 40.6. The van der Waals surface area contributed by atoms with E-state index in [1.165, 1.54) is 22.7 Å². The highest BCUT2D eigenvalue weighted by Crippen LogP contribution is 2.28. The molecule has 2 aromatic carbocycles. The van der Waals surface area contributed by atoms with Gasteiger partial charge in [0.05, 0.1) is 16.3 Å². The molecule has 2 N–H and O–H groups in total. The molecule has 0 unspecified atom stereocenters. The number of carbonyl (C=O) groups excluding carboxylic acids is 2. The van der Waals surface area contributed by atoms with E-state index in [1.54, 1.807) is 52.0 Å². The lowest BCUT2D eigenvalue weighted by atomic mass is 10.1. The van der Waals surface area contributed by atoms with Gasteiger partial charge in [-0.1, -0.05) is 35.9 Å². The second-order valence-electron chi connectivity index (χ2n) is 9.72. The monoisotopic (exact) mass is 556 g/mol. The molecular formula is C28H27ClF2N4O4. The van der Waals surface area contributed by atoms with Gasteiger partial charge in [0.25, 0.3) is 5.91 Å². The van der Waals surface area contributed by atoms with Crippen LogP contribution in [0.3, 0.4) is 0 Å². The maximum absolute atomic E-state index is 14.1. The predicted octanol–water partition coefficient (Wildman–Crippen LogP) is 6.43. The first-order chi connectivity index (χ1) is 18.4. The number of imidazole rings is 1. The Labute approximate surface area is 228 Å². The number of para-hydroxylation sites is 1. The average molecular weight is 557 g/mol. The fraction of sp³-hybridized carbons (Fsp3) is 0.250. The summed E-state index contributed by atoms with van der Waals surface area (Å²) in [5, 5.41) is 5.75. The average Bonchev–Trinajstić information content (AvgIpc) is 3.17. The van der Waals surface area contributed by atoms with Crippen LogP contribution in [0.5, 0.6) is 5.75 Å². The normalized spacial score (nSPS) is 11.4. The van der Waals surface area contributed by atoms with Crippen LogP contribution < -0.4 is 15.4 Å². The quantitative estimate of drug-likeness (QED) is 0.273. The van der Waals surface area contributed by atoms with E-state index in [9.17, 15) is 18.4 Å². The van der Waals surface area contributed by atoms with Gasteiger partial charge in [0.2, 0.25) is 0 Å². The molecule has 2 heterocycles. The number of nitrogens with one attached hydrogen (secondary N) is 2. The summed E-state index contributed by atoms with van der Waals surface area (Å²) in [7, 11) is 0. The first kappa shape index (κ1) is 27.8. The van der Waals surface area contributed by atoms with Crippen molar-refractivity contribution in [3.8, 4) is 5.75 Å². The largest absolute Gasteiger partial charge is 0.485 e. The molecule has 0 saturated carbocycles. The number of amides is 2. The maximum atomic E-state index is 14.1. The second-order valence-corrected chi connectivity index (χ2v) is 10.2. The Kier molecular flexibility index (Phi) is 8.06. The number of carbonyl (C=O) groups is 2. The first-order valence-electron chi connectivity index (χ1n) is 12.0. The third-order valence-corrected chi connectivity index (χ3v) is 5.77. The number of halogens is 3. The molecule has 0 bridgehead atoms.